The van der Waals surface area contributed by atoms with Crippen LogP contribution in [0, 0.1) is 0 Å². The average Bonchev–Trinajstić information content (AvgIpc) is 3.16. The normalized spacial score (nSPS) is 22.1. The number of ether oxygens (including phenoxy) is 1. The van der Waals surface area contributed by atoms with Gasteiger partial charge in [0.15, 0.2) is 0 Å². The Bertz CT molecular complexity index is 1420. The van der Waals surface area contributed by atoms with Gasteiger partial charge in [0.2, 0.25) is 20.0 Å². The number of nitrogens with one attached hydrogen (secondary N) is 1. The van der Waals surface area contributed by atoms with Crippen LogP contribution in [0.5, 0.6) is 0 Å². The number of sulfonamides is 2. The molecule has 5 rings (SSSR count). The van der Waals surface area contributed by atoms with E-state index < -0.39 is 20.0 Å². The third-order valence-electron chi connectivity index (χ3n) is 7.60. The first-order valence-corrected chi connectivity index (χ1v) is 16.0. The van der Waals surface area contributed by atoms with Crippen molar-refractivity contribution in [3.05, 3.63) is 53.6 Å². The van der Waals surface area contributed by atoms with Gasteiger partial charge in [-0.2, -0.15) is 4.31 Å². The minimum absolute atomic E-state index is 0.0898. The lowest BCUT2D eigenvalue weighted by Crippen LogP contribution is -2.44. The van der Waals surface area contributed by atoms with Crippen LogP contribution in [0.1, 0.15) is 54.9 Å². The van der Waals surface area contributed by atoms with Gasteiger partial charge in [0.25, 0.3) is 5.91 Å². The molecule has 3 aliphatic rings. The predicted octanol–water partition coefficient (Wildman–Crippen LogP) is 3.33. The lowest BCUT2D eigenvalue weighted by Gasteiger charge is -2.34. The van der Waals surface area contributed by atoms with E-state index in [-0.39, 0.29) is 35.4 Å². The van der Waals surface area contributed by atoms with Crippen LogP contribution in [0.15, 0.2) is 47.4 Å². The Morgan fingerprint density at radius 3 is 2.51 bits per heavy atom. The summed E-state index contributed by atoms with van der Waals surface area (Å²) >= 11 is 0. The van der Waals surface area contributed by atoms with Gasteiger partial charge in [0.1, 0.15) is 0 Å². The quantitative estimate of drug-likeness (QED) is 0.615. The second-order valence-corrected chi connectivity index (χ2v) is 14.1. The van der Waals surface area contributed by atoms with Crippen molar-refractivity contribution < 1.29 is 26.4 Å². The fraction of sp³-hybridized carbons (Fsp3) is 0.500. The molecule has 200 valence electrons. The highest BCUT2D eigenvalue weighted by Crippen LogP contribution is 2.50. The van der Waals surface area contributed by atoms with Gasteiger partial charge in [-0.15, -0.1) is 0 Å². The molecule has 2 aromatic carbocycles. The van der Waals surface area contributed by atoms with Gasteiger partial charge < -0.3 is 9.64 Å². The summed E-state index contributed by atoms with van der Waals surface area (Å²) in [6, 6.07) is 11.6. The number of nitrogens with zero attached hydrogens (tertiary/aromatic N) is 2. The standard InChI is InChI=1S/C26H33N3O6S2/c1-19-17-28(13-14-35-19)37(33,34)22-8-6-7-20(15-22)25(30)29-18-26(11-4-3-5-12-26)23-16-21(9-10-24(23)29)27-36(2,31)32/h6-10,15-16,19,27H,3-5,11-14,17-18H2,1-2H3. The summed E-state index contributed by atoms with van der Waals surface area (Å²) in [7, 11) is -7.21. The molecule has 11 heteroatoms. The number of carbonyl (C=O) groups excluding carboxylic acids is 1. The molecule has 2 aliphatic heterocycles. The van der Waals surface area contributed by atoms with Gasteiger partial charge >= 0.3 is 0 Å². The van der Waals surface area contributed by atoms with E-state index in [1.54, 1.807) is 29.2 Å². The van der Waals surface area contributed by atoms with Gasteiger partial charge in [-0.1, -0.05) is 25.3 Å². The zero-order chi connectivity index (χ0) is 26.4. The van der Waals surface area contributed by atoms with E-state index in [1.807, 2.05) is 13.0 Å². The van der Waals surface area contributed by atoms with Crippen molar-refractivity contribution in [2.45, 2.75) is 55.4 Å². The number of anilines is 2. The van der Waals surface area contributed by atoms with Crippen molar-refractivity contribution in [2.24, 2.45) is 0 Å². The molecule has 1 unspecified atom stereocenters. The van der Waals surface area contributed by atoms with E-state index in [2.05, 4.69) is 4.72 Å². The fourth-order valence-electron chi connectivity index (χ4n) is 5.88. The van der Waals surface area contributed by atoms with E-state index in [1.165, 1.54) is 16.4 Å². The summed E-state index contributed by atoms with van der Waals surface area (Å²) in [5, 5.41) is 0. The van der Waals surface area contributed by atoms with Crippen LogP contribution in [0.2, 0.25) is 0 Å². The smallest absolute Gasteiger partial charge is 0.258 e. The molecule has 1 aliphatic carbocycles. The third-order valence-corrected chi connectivity index (χ3v) is 10.1. The molecule has 0 radical (unpaired) electrons. The summed E-state index contributed by atoms with van der Waals surface area (Å²) in [4.78, 5) is 15.7. The highest BCUT2D eigenvalue weighted by atomic mass is 32.2. The molecule has 2 heterocycles. The number of carbonyl (C=O) groups is 1. The van der Waals surface area contributed by atoms with E-state index in [9.17, 15) is 21.6 Å². The van der Waals surface area contributed by atoms with Gasteiger partial charge in [0.05, 0.1) is 23.9 Å². The average molecular weight is 548 g/mol. The van der Waals surface area contributed by atoms with Crippen LogP contribution in [0.4, 0.5) is 11.4 Å². The summed E-state index contributed by atoms with van der Waals surface area (Å²) < 4.78 is 59.7. The largest absolute Gasteiger partial charge is 0.376 e. The first-order valence-electron chi connectivity index (χ1n) is 12.6. The zero-order valence-electron chi connectivity index (χ0n) is 21.1. The first-order chi connectivity index (χ1) is 17.5. The summed E-state index contributed by atoms with van der Waals surface area (Å²) in [6.45, 7) is 3.21. The molecule has 1 atom stereocenters. The van der Waals surface area contributed by atoms with Crippen molar-refractivity contribution in [1.29, 1.82) is 0 Å². The summed E-state index contributed by atoms with van der Waals surface area (Å²) in [6.07, 6.45) is 5.96. The maximum Gasteiger partial charge on any atom is 0.258 e. The Kier molecular flexibility index (Phi) is 6.84. The van der Waals surface area contributed by atoms with Crippen LogP contribution in [0.25, 0.3) is 0 Å². The minimum Gasteiger partial charge on any atom is -0.376 e. The van der Waals surface area contributed by atoms with Crippen molar-refractivity contribution in [1.82, 2.24) is 4.31 Å². The Labute approximate surface area is 218 Å². The Balaban J connectivity index is 1.49. The number of morpholine rings is 1. The molecule has 1 N–H and O–H groups in total. The number of fused-ring (bicyclic) bond motifs is 2. The van der Waals surface area contributed by atoms with Crippen molar-refractivity contribution in [3.8, 4) is 0 Å². The number of benzene rings is 2. The van der Waals surface area contributed by atoms with Crippen LogP contribution < -0.4 is 9.62 Å². The van der Waals surface area contributed by atoms with E-state index in [0.717, 1.165) is 49.6 Å². The molecular formula is C26H33N3O6S2. The van der Waals surface area contributed by atoms with Crippen LogP contribution in [0.3, 0.4) is 0 Å². The van der Waals surface area contributed by atoms with Crippen molar-refractivity contribution >= 4 is 37.3 Å². The molecule has 2 aromatic rings. The Morgan fingerprint density at radius 2 is 1.81 bits per heavy atom. The highest BCUT2D eigenvalue weighted by Gasteiger charge is 2.45. The molecule has 0 aromatic heterocycles. The second-order valence-electron chi connectivity index (χ2n) is 10.4. The molecule has 37 heavy (non-hydrogen) atoms. The first kappa shape index (κ1) is 26.1. The van der Waals surface area contributed by atoms with Gasteiger partial charge in [-0.3, -0.25) is 9.52 Å². The maximum absolute atomic E-state index is 13.8. The second kappa shape index (κ2) is 9.68. The van der Waals surface area contributed by atoms with Gasteiger partial charge in [0, 0.05) is 42.0 Å². The molecular weight excluding hydrogens is 514 g/mol. The van der Waals surface area contributed by atoms with Gasteiger partial charge in [-0.25, -0.2) is 16.8 Å². The fourth-order valence-corrected chi connectivity index (χ4v) is 7.98. The maximum atomic E-state index is 13.8. The molecule has 1 saturated heterocycles. The third kappa shape index (κ3) is 5.14. The zero-order valence-corrected chi connectivity index (χ0v) is 22.8. The number of amides is 1. The molecule has 9 nitrogen and oxygen atoms in total. The summed E-state index contributed by atoms with van der Waals surface area (Å²) in [5.74, 6) is -0.264. The van der Waals surface area contributed by atoms with Gasteiger partial charge in [-0.05, 0) is 61.7 Å². The molecule has 0 bridgehead atoms. The van der Waals surface area contributed by atoms with Crippen molar-refractivity contribution in [2.75, 3.05) is 42.1 Å². The Hall–Kier alpha value is -2.47. The van der Waals surface area contributed by atoms with E-state index in [4.69, 9.17) is 4.74 Å². The molecule has 1 saturated carbocycles. The lowest BCUT2D eigenvalue weighted by molar-refractivity contribution is 0.0102. The molecule has 1 amide bonds. The topological polar surface area (TPSA) is 113 Å². The predicted molar refractivity (Wildman–Crippen MR) is 142 cm³/mol. The van der Waals surface area contributed by atoms with Crippen LogP contribution in [-0.2, 0) is 30.2 Å². The number of rotatable bonds is 5. The monoisotopic (exact) mass is 547 g/mol. The van der Waals surface area contributed by atoms with Crippen LogP contribution >= 0.6 is 0 Å². The number of hydrogen-bond donors (Lipinski definition) is 1. The molecule has 1 spiro atoms. The lowest BCUT2D eigenvalue weighted by atomic mass is 9.70. The Morgan fingerprint density at radius 1 is 1.05 bits per heavy atom. The molecule has 2 fully saturated rings. The van der Waals surface area contributed by atoms with E-state index >= 15 is 0 Å². The highest BCUT2D eigenvalue weighted by molar-refractivity contribution is 7.92. The van der Waals surface area contributed by atoms with Crippen LogP contribution in [-0.4, -0.2) is 65.6 Å². The SMILES string of the molecule is CC1CN(S(=O)(=O)c2cccc(C(=O)N3CC4(CCCCC4)c4cc(NS(C)(=O)=O)ccc43)c2)CCO1. The van der Waals surface area contributed by atoms with E-state index in [0.29, 0.717) is 24.4 Å². The van der Waals surface area contributed by atoms with Crippen molar-refractivity contribution in [3.63, 3.8) is 0 Å². The minimum atomic E-state index is -3.77. The summed E-state index contributed by atoms with van der Waals surface area (Å²) in [5.41, 5.74) is 2.26. The number of hydrogen-bond acceptors (Lipinski definition) is 6.